The van der Waals surface area contributed by atoms with E-state index in [-0.39, 0.29) is 34.0 Å². The fourth-order valence-electron chi connectivity index (χ4n) is 4.33. The molecule has 150 valence electrons. The Hall–Kier alpha value is -0.910. The predicted molar refractivity (Wildman–Crippen MR) is 107 cm³/mol. The summed E-state index contributed by atoms with van der Waals surface area (Å²) in [6.07, 6.45) is 2.24. The van der Waals surface area contributed by atoms with Crippen LogP contribution in [-0.2, 0) is 13.1 Å². The average molecular weight is 499 g/mol. The van der Waals surface area contributed by atoms with Gasteiger partial charge in [-0.2, -0.15) is 0 Å². The monoisotopic (exact) mass is 497 g/mol. The minimum Gasteiger partial charge on any atom is -1.00 e. The molecule has 0 saturated heterocycles. The number of quaternary nitrogens is 1. The second kappa shape index (κ2) is 10.0. The molecule has 0 amide bonds. The number of halogens is 2. The third kappa shape index (κ3) is 4.25. The van der Waals surface area contributed by atoms with Gasteiger partial charge in [0.25, 0.3) is 0 Å². The average Bonchev–Trinajstić information content (AvgIpc) is 2.98. The molecule has 3 rings (SSSR count). The lowest BCUT2D eigenvalue weighted by atomic mass is 10.1. The Morgan fingerprint density at radius 3 is 2.11 bits per heavy atom. The molecule has 0 fully saturated rings. The minimum atomic E-state index is 0. The molecule has 0 N–H and O–H groups in total. The number of hydrogen-bond acceptors (Lipinski definition) is 0. The van der Waals surface area contributed by atoms with E-state index in [1.54, 1.807) is 0 Å². The van der Waals surface area contributed by atoms with E-state index in [0.717, 1.165) is 13.1 Å². The van der Waals surface area contributed by atoms with Crippen molar-refractivity contribution < 1.29 is 43.0 Å². The van der Waals surface area contributed by atoms with E-state index < -0.39 is 0 Å². The Kier molecular flexibility index (Phi) is 8.97. The number of nitrogens with zero attached hydrogens (tertiary/aromatic N) is 3. The maximum Gasteiger partial charge on any atom is 0.202 e. The zero-order valence-electron chi connectivity index (χ0n) is 17.3. The third-order valence-electron chi connectivity index (χ3n) is 6.36. The van der Waals surface area contributed by atoms with Crippen LogP contribution < -0.4 is 38.5 Å². The van der Waals surface area contributed by atoms with Gasteiger partial charge in [-0.1, -0.05) is 18.2 Å². The summed E-state index contributed by atoms with van der Waals surface area (Å²) in [5.41, 5.74) is 4.15. The molecule has 0 unspecified atom stereocenters. The van der Waals surface area contributed by atoms with Gasteiger partial charge in [0.15, 0.2) is 6.20 Å². The van der Waals surface area contributed by atoms with Gasteiger partial charge in [0.1, 0.15) is 12.1 Å². The number of aromatic nitrogens is 2. The van der Waals surface area contributed by atoms with Crippen LogP contribution in [0, 0.1) is 6.92 Å². The fourth-order valence-corrected chi connectivity index (χ4v) is 4.33. The molecule has 3 nitrogen and oxygen atoms in total. The second-order valence-electron chi connectivity index (χ2n) is 7.13. The number of para-hydroxylation sites is 1. The lowest BCUT2D eigenvalue weighted by Crippen LogP contribution is -3.00. The summed E-state index contributed by atoms with van der Waals surface area (Å²) in [5.74, 6) is 0. The summed E-state index contributed by atoms with van der Waals surface area (Å²) in [5, 5.41) is 2.77. The highest BCUT2D eigenvalue weighted by molar-refractivity contribution is 6.08. The summed E-state index contributed by atoms with van der Waals surface area (Å²) in [4.78, 5) is 0. The van der Waals surface area contributed by atoms with Crippen LogP contribution in [0.4, 0.5) is 0 Å². The van der Waals surface area contributed by atoms with Crippen LogP contribution in [0.25, 0.3) is 21.8 Å². The highest BCUT2D eigenvalue weighted by Gasteiger charge is 2.23. The topological polar surface area (TPSA) is 8.81 Å². The van der Waals surface area contributed by atoms with Crippen LogP contribution in [0.5, 0.6) is 0 Å². The third-order valence-corrected chi connectivity index (χ3v) is 6.36. The van der Waals surface area contributed by atoms with Gasteiger partial charge < -0.3 is 43.0 Å². The van der Waals surface area contributed by atoms with Crippen molar-refractivity contribution in [2.45, 2.75) is 47.7 Å². The molecule has 5 heteroatoms. The van der Waals surface area contributed by atoms with E-state index in [0.29, 0.717) is 0 Å². The maximum atomic E-state index is 2.57. The summed E-state index contributed by atoms with van der Waals surface area (Å²) in [6, 6.07) is 11.2. The van der Waals surface area contributed by atoms with Gasteiger partial charge in [0.05, 0.1) is 32.7 Å². The van der Waals surface area contributed by atoms with Crippen molar-refractivity contribution in [3.63, 3.8) is 0 Å². The zero-order chi connectivity index (χ0) is 18.0. The van der Waals surface area contributed by atoms with Crippen LogP contribution >= 0.6 is 0 Å². The molecule has 2 aromatic heterocycles. The molecule has 0 spiro atoms. The molecular weight excluding hydrogens is 466 g/mol. The van der Waals surface area contributed by atoms with E-state index >= 15 is 0 Å². The van der Waals surface area contributed by atoms with Gasteiger partial charge in [-0.15, -0.1) is 0 Å². The van der Waals surface area contributed by atoms with Crippen molar-refractivity contribution in [3.8, 4) is 0 Å². The molecule has 0 aliphatic rings. The molecule has 0 radical (unpaired) electrons. The Morgan fingerprint density at radius 2 is 1.52 bits per heavy atom. The van der Waals surface area contributed by atoms with Crippen LogP contribution in [-0.4, -0.2) is 35.2 Å². The standard InChI is InChI=1S/C22H33N3.2BrH/c1-6-23-15-14-20-19-12-10-11-13-21(19)24(22(20)18(23)5)16-17-25(7-2,8-3)9-4;;/h10-15H,6-9,16-17H2,1-5H3;2*1H/q+2;;/p-2. The number of pyridine rings is 1. The van der Waals surface area contributed by atoms with E-state index in [1.165, 1.54) is 58.2 Å². The minimum absolute atomic E-state index is 0. The van der Waals surface area contributed by atoms with Crippen molar-refractivity contribution in [1.29, 1.82) is 0 Å². The number of hydrogen-bond donors (Lipinski definition) is 0. The molecular formula is C22H33Br2N3. The molecule has 2 heterocycles. The van der Waals surface area contributed by atoms with E-state index in [2.05, 4.69) is 80.3 Å². The van der Waals surface area contributed by atoms with Crippen LogP contribution in [0.3, 0.4) is 0 Å². The second-order valence-corrected chi connectivity index (χ2v) is 7.13. The number of fused-ring (bicyclic) bond motifs is 3. The first-order valence-corrected chi connectivity index (χ1v) is 9.85. The molecule has 3 aromatic rings. The SMILES string of the molecule is CC[n+]1ccc2c3ccccc3n(CC[N+](CC)(CC)CC)c2c1C.[Br-].[Br-]. The summed E-state index contributed by atoms with van der Waals surface area (Å²) < 4.78 is 6.12. The lowest BCUT2D eigenvalue weighted by molar-refractivity contribution is -0.923. The Labute approximate surface area is 185 Å². The Balaban J connectivity index is 0.00000182. The van der Waals surface area contributed by atoms with Crippen molar-refractivity contribution in [3.05, 3.63) is 42.2 Å². The van der Waals surface area contributed by atoms with Gasteiger partial charge in [-0.05, 0) is 33.8 Å². The molecule has 0 atom stereocenters. The Morgan fingerprint density at radius 1 is 0.889 bits per heavy atom. The number of benzene rings is 1. The number of aryl methyl sites for hydroxylation is 2. The zero-order valence-corrected chi connectivity index (χ0v) is 20.5. The van der Waals surface area contributed by atoms with Crippen molar-refractivity contribution in [1.82, 2.24) is 4.57 Å². The van der Waals surface area contributed by atoms with Gasteiger partial charge in [-0.25, -0.2) is 4.57 Å². The van der Waals surface area contributed by atoms with Crippen molar-refractivity contribution in [2.24, 2.45) is 0 Å². The Bertz CT molecular complexity index is 874. The first-order valence-electron chi connectivity index (χ1n) is 9.85. The van der Waals surface area contributed by atoms with Crippen LogP contribution in [0.1, 0.15) is 33.4 Å². The lowest BCUT2D eigenvalue weighted by Gasteiger charge is -2.36. The summed E-state index contributed by atoms with van der Waals surface area (Å²) in [6.45, 7) is 18.4. The number of likely N-dealkylation sites (N-methyl/N-ethyl adjacent to an activating group) is 1. The van der Waals surface area contributed by atoms with Gasteiger partial charge in [0, 0.05) is 29.3 Å². The molecule has 0 aliphatic heterocycles. The van der Waals surface area contributed by atoms with Crippen molar-refractivity contribution in [2.75, 3.05) is 26.2 Å². The summed E-state index contributed by atoms with van der Waals surface area (Å²) >= 11 is 0. The van der Waals surface area contributed by atoms with Gasteiger partial charge in [0.2, 0.25) is 5.69 Å². The molecule has 27 heavy (non-hydrogen) atoms. The highest BCUT2D eigenvalue weighted by Crippen LogP contribution is 2.30. The van der Waals surface area contributed by atoms with E-state index in [4.69, 9.17) is 0 Å². The fraction of sp³-hybridized carbons (Fsp3) is 0.500. The molecule has 0 bridgehead atoms. The normalized spacial score (nSPS) is 11.4. The number of rotatable bonds is 7. The maximum absolute atomic E-state index is 2.57. The molecule has 0 saturated carbocycles. The largest absolute Gasteiger partial charge is 1.00 e. The van der Waals surface area contributed by atoms with Crippen LogP contribution in [0.15, 0.2) is 36.5 Å². The van der Waals surface area contributed by atoms with E-state index in [9.17, 15) is 0 Å². The summed E-state index contributed by atoms with van der Waals surface area (Å²) in [7, 11) is 0. The van der Waals surface area contributed by atoms with Crippen LogP contribution in [0.2, 0.25) is 0 Å². The first kappa shape index (κ1) is 24.1. The van der Waals surface area contributed by atoms with Gasteiger partial charge in [-0.3, -0.25) is 0 Å². The van der Waals surface area contributed by atoms with Crippen molar-refractivity contribution >= 4 is 21.8 Å². The van der Waals surface area contributed by atoms with E-state index in [1.807, 2.05) is 0 Å². The quantitative estimate of drug-likeness (QED) is 0.271. The molecule has 1 aromatic carbocycles. The predicted octanol–water partition coefficient (Wildman–Crippen LogP) is -1.71. The smallest absolute Gasteiger partial charge is 0.202 e. The highest BCUT2D eigenvalue weighted by atomic mass is 79.9. The first-order chi connectivity index (χ1) is 12.1. The molecule has 0 aliphatic carbocycles. The van der Waals surface area contributed by atoms with Gasteiger partial charge >= 0.3 is 0 Å².